The van der Waals surface area contributed by atoms with E-state index in [2.05, 4.69) is 19.8 Å². The Morgan fingerprint density at radius 2 is 1.67 bits per heavy atom. The molecule has 4 rings (SSSR count). The van der Waals surface area contributed by atoms with Crippen molar-refractivity contribution in [1.29, 1.82) is 0 Å². The van der Waals surface area contributed by atoms with E-state index < -0.39 is 6.10 Å². The van der Waals surface area contributed by atoms with E-state index >= 15 is 0 Å². The van der Waals surface area contributed by atoms with Crippen molar-refractivity contribution in [3.8, 4) is 12.3 Å². The molecule has 0 aromatic carbocycles. The second-order valence-electron chi connectivity index (χ2n) is 9.92. The Kier molecular flexibility index (Phi) is 4.05. The number of hydrogen-bond acceptors (Lipinski definition) is 2. The van der Waals surface area contributed by atoms with Crippen LogP contribution in [0, 0.1) is 52.8 Å². The highest BCUT2D eigenvalue weighted by Gasteiger charge is 2.60. The Hall–Kier alpha value is -0.520. The molecule has 2 heteroatoms. The van der Waals surface area contributed by atoms with Gasteiger partial charge < -0.3 is 10.2 Å². The molecule has 0 aromatic heterocycles. The topological polar surface area (TPSA) is 40.5 Å². The first-order chi connectivity index (χ1) is 11.4. The molecule has 9 atom stereocenters. The Labute approximate surface area is 147 Å². The van der Waals surface area contributed by atoms with Crippen LogP contribution in [0.4, 0.5) is 0 Å². The molecule has 0 saturated heterocycles. The van der Waals surface area contributed by atoms with Crippen LogP contribution in [-0.4, -0.2) is 22.4 Å². The van der Waals surface area contributed by atoms with Gasteiger partial charge in [-0.2, -0.15) is 0 Å². The average Bonchev–Trinajstić information content (AvgIpc) is 2.92. The lowest BCUT2D eigenvalue weighted by Crippen LogP contribution is -2.54. The molecule has 4 aliphatic rings. The van der Waals surface area contributed by atoms with E-state index in [1.165, 1.54) is 38.5 Å². The summed E-state index contributed by atoms with van der Waals surface area (Å²) < 4.78 is 0. The first-order valence-corrected chi connectivity index (χ1v) is 10.2. The van der Waals surface area contributed by atoms with E-state index in [0.29, 0.717) is 11.3 Å². The normalized spacial score (nSPS) is 55.0. The fourth-order valence-corrected chi connectivity index (χ4v) is 7.91. The third kappa shape index (κ3) is 2.24. The van der Waals surface area contributed by atoms with Crippen LogP contribution >= 0.6 is 0 Å². The van der Waals surface area contributed by atoms with E-state index in [1.807, 2.05) is 0 Å². The summed E-state index contributed by atoms with van der Waals surface area (Å²) in [5.41, 5.74) is 0.677. The van der Waals surface area contributed by atoms with Crippen molar-refractivity contribution in [1.82, 2.24) is 0 Å². The first-order valence-electron chi connectivity index (χ1n) is 10.2. The molecule has 2 N–H and O–H groups in total. The van der Waals surface area contributed by atoms with Crippen molar-refractivity contribution < 1.29 is 10.2 Å². The van der Waals surface area contributed by atoms with Crippen LogP contribution in [-0.2, 0) is 0 Å². The first kappa shape index (κ1) is 16.9. The smallest absolute Gasteiger partial charge is 0.117 e. The van der Waals surface area contributed by atoms with Gasteiger partial charge in [-0.3, -0.25) is 0 Å². The molecule has 0 amide bonds. The standard InChI is InChI=1S/C22H34O2/c1-4-20(24)19-8-7-17-16-6-5-14-13-15(23)9-11-21(14,2)18(16)10-12-22(17,19)3/h1,14-20,23-24H,5-13H2,2-3H3/t14-,15+,16?,17?,18?,19+,20-,21-,22-/m0/s1. The SMILES string of the molecule is C#C[C@H](O)[C@H]1CCC2C3CC[C@H]4C[C@H](O)CC[C@]4(C)C3CC[C@@]21C. The maximum Gasteiger partial charge on any atom is 0.117 e. The summed E-state index contributed by atoms with van der Waals surface area (Å²) in [6.45, 7) is 4.96. The van der Waals surface area contributed by atoms with Gasteiger partial charge >= 0.3 is 0 Å². The zero-order valence-corrected chi connectivity index (χ0v) is 15.4. The molecule has 0 aliphatic heterocycles. The molecule has 0 aromatic rings. The number of fused-ring (bicyclic) bond motifs is 5. The molecule has 4 saturated carbocycles. The zero-order valence-electron chi connectivity index (χ0n) is 15.4. The van der Waals surface area contributed by atoms with Crippen LogP contribution < -0.4 is 0 Å². The highest BCUT2D eigenvalue weighted by atomic mass is 16.3. The molecule has 134 valence electrons. The summed E-state index contributed by atoms with van der Waals surface area (Å²) in [5, 5.41) is 20.5. The Bertz CT molecular complexity index is 537. The Balaban J connectivity index is 1.60. The van der Waals surface area contributed by atoms with Gasteiger partial charge in [-0.1, -0.05) is 19.8 Å². The van der Waals surface area contributed by atoms with Crippen molar-refractivity contribution in [2.24, 2.45) is 40.4 Å². The summed E-state index contributed by atoms with van der Waals surface area (Å²) in [5.74, 6) is 6.03. The lowest BCUT2D eigenvalue weighted by molar-refractivity contribution is -0.130. The second-order valence-corrected chi connectivity index (χ2v) is 9.92. The van der Waals surface area contributed by atoms with Gasteiger partial charge in [0.25, 0.3) is 0 Å². The number of aliphatic hydroxyl groups excluding tert-OH is 2. The van der Waals surface area contributed by atoms with E-state index in [4.69, 9.17) is 6.42 Å². The van der Waals surface area contributed by atoms with Crippen molar-refractivity contribution in [2.75, 3.05) is 0 Å². The zero-order chi connectivity index (χ0) is 17.1. The number of rotatable bonds is 1. The minimum atomic E-state index is -0.562. The Morgan fingerprint density at radius 1 is 0.958 bits per heavy atom. The summed E-state index contributed by atoms with van der Waals surface area (Å²) in [6, 6.07) is 0. The molecular weight excluding hydrogens is 296 g/mol. The molecule has 4 aliphatic carbocycles. The predicted molar refractivity (Wildman–Crippen MR) is 96.1 cm³/mol. The van der Waals surface area contributed by atoms with Crippen molar-refractivity contribution in [2.45, 2.75) is 83.8 Å². The third-order valence-corrected chi connectivity index (χ3v) is 9.26. The minimum Gasteiger partial charge on any atom is -0.393 e. The van der Waals surface area contributed by atoms with Gasteiger partial charge in [0.1, 0.15) is 6.10 Å². The molecule has 0 bridgehead atoms. The summed E-state index contributed by atoms with van der Waals surface area (Å²) in [7, 11) is 0. The summed E-state index contributed by atoms with van der Waals surface area (Å²) >= 11 is 0. The van der Waals surface area contributed by atoms with Crippen LogP contribution in [0.15, 0.2) is 0 Å². The second kappa shape index (κ2) is 5.75. The molecule has 4 fully saturated rings. The molecule has 2 nitrogen and oxygen atoms in total. The van der Waals surface area contributed by atoms with Gasteiger partial charge in [0, 0.05) is 5.92 Å². The molecular formula is C22H34O2. The molecule has 0 heterocycles. The van der Waals surface area contributed by atoms with Gasteiger partial charge in [-0.25, -0.2) is 0 Å². The van der Waals surface area contributed by atoms with Gasteiger partial charge in [-0.15, -0.1) is 6.42 Å². The van der Waals surface area contributed by atoms with Gasteiger partial charge in [0.15, 0.2) is 0 Å². The molecule has 3 unspecified atom stereocenters. The number of terminal acetylenes is 1. The van der Waals surface area contributed by atoms with Gasteiger partial charge in [0.2, 0.25) is 0 Å². The molecule has 0 radical (unpaired) electrons. The maximum atomic E-state index is 10.4. The lowest BCUT2D eigenvalue weighted by atomic mass is 9.44. The van der Waals surface area contributed by atoms with E-state index in [-0.39, 0.29) is 11.5 Å². The van der Waals surface area contributed by atoms with E-state index in [1.54, 1.807) is 0 Å². The third-order valence-electron chi connectivity index (χ3n) is 9.26. The lowest BCUT2D eigenvalue weighted by Gasteiger charge is -2.61. The van der Waals surface area contributed by atoms with Crippen molar-refractivity contribution in [3.05, 3.63) is 0 Å². The number of hydrogen-bond donors (Lipinski definition) is 2. The highest BCUT2D eigenvalue weighted by Crippen LogP contribution is 2.67. The van der Waals surface area contributed by atoms with E-state index in [9.17, 15) is 10.2 Å². The highest BCUT2D eigenvalue weighted by molar-refractivity contribution is 5.13. The van der Waals surface area contributed by atoms with Crippen LogP contribution in [0.5, 0.6) is 0 Å². The molecule has 0 spiro atoms. The average molecular weight is 331 g/mol. The van der Waals surface area contributed by atoms with Crippen LogP contribution in [0.1, 0.15) is 71.6 Å². The fourth-order valence-electron chi connectivity index (χ4n) is 7.91. The monoisotopic (exact) mass is 330 g/mol. The van der Waals surface area contributed by atoms with Crippen LogP contribution in [0.3, 0.4) is 0 Å². The molecule has 24 heavy (non-hydrogen) atoms. The minimum absolute atomic E-state index is 0.0601. The van der Waals surface area contributed by atoms with Gasteiger partial charge in [-0.05, 0) is 92.3 Å². The van der Waals surface area contributed by atoms with Crippen LogP contribution in [0.25, 0.3) is 0 Å². The Morgan fingerprint density at radius 3 is 2.42 bits per heavy atom. The maximum absolute atomic E-state index is 10.4. The van der Waals surface area contributed by atoms with Crippen molar-refractivity contribution in [3.63, 3.8) is 0 Å². The fraction of sp³-hybridized carbons (Fsp3) is 0.909. The van der Waals surface area contributed by atoms with Crippen molar-refractivity contribution >= 4 is 0 Å². The summed E-state index contributed by atoms with van der Waals surface area (Å²) in [6.07, 6.45) is 15.7. The quantitative estimate of drug-likeness (QED) is 0.714. The number of aliphatic hydroxyl groups is 2. The predicted octanol–water partition coefficient (Wildman–Crippen LogP) is 4.00. The summed E-state index contributed by atoms with van der Waals surface area (Å²) in [4.78, 5) is 0. The van der Waals surface area contributed by atoms with Gasteiger partial charge in [0.05, 0.1) is 6.10 Å². The van der Waals surface area contributed by atoms with Crippen LogP contribution in [0.2, 0.25) is 0 Å². The largest absolute Gasteiger partial charge is 0.393 e. The van der Waals surface area contributed by atoms with E-state index in [0.717, 1.165) is 42.9 Å².